The SMILES string of the molecule is CC(=NO)c1ccc(F)cc1OCc1ccccc1C. The van der Waals surface area contributed by atoms with Gasteiger partial charge in [-0.25, -0.2) is 4.39 Å². The zero-order chi connectivity index (χ0) is 14.5. The summed E-state index contributed by atoms with van der Waals surface area (Å²) in [5, 5.41) is 12.0. The van der Waals surface area contributed by atoms with E-state index in [2.05, 4.69) is 5.16 Å². The Morgan fingerprint density at radius 1 is 1.25 bits per heavy atom. The van der Waals surface area contributed by atoms with Crippen LogP contribution in [0.4, 0.5) is 4.39 Å². The van der Waals surface area contributed by atoms with Gasteiger partial charge in [-0.3, -0.25) is 0 Å². The smallest absolute Gasteiger partial charge is 0.131 e. The molecule has 0 saturated heterocycles. The van der Waals surface area contributed by atoms with Gasteiger partial charge in [-0.15, -0.1) is 0 Å². The average molecular weight is 273 g/mol. The van der Waals surface area contributed by atoms with Gasteiger partial charge in [-0.05, 0) is 37.1 Å². The molecule has 0 amide bonds. The van der Waals surface area contributed by atoms with Crippen molar-refractivity contribution in [1.29, 1.82) is 0 Å². The van der Waals surface area contributed by atoms with E-state index in [9.17, 15) is 4.39 Å². The minimum atomic E-state index is -0.390. The van der Waals surface area contributed by atoms with Crippen LogP contribution in [0.1, 0.15) is 23.6 Å². The Morgan fingerprint density at radius 3 is 2.70 bits per heavy atom. The van der Waals surface area contributed by atoms with Gasteiger partial charge < -0.3 is 9.94 Å². The summed E-state index contributed by atoms with van der Waals surface area (Å²) in [5.41, 5.74) is 3.09. The van der Waals surface area contributed by atoms with Crippen LogP contribution in [0.3, 0.4) is 0 Å². The van der Waals surface area contributed by atoms with Crippen molar-refractivity contribution in [2.24, 2.45) is 5.16 Å². The number of oxime groups is 1. The molecular formula is C16H16FNO2. The molecule has 0 fully saturated rings. The highest BCUT2D eigenvalue weighted by atomic mass is 19.1. The van der Waals surface area contributed by atoms with Gasteiger partial charge in [-0.1, -0.05) is 29.4 Å². The van der Waals surface area contributed by atoms with E-state index in [-0.39, 0.29) is 5.82 Å². The lowest BCUT2D eigenvalue weighted by Gasteiger charge is -2.12. The van der Waals surface area contributed by atoms with Crippen LogP contribution in [0.5, 0.6) is 5.75 Å². The molecule has 0 aliphatic heterocycles. The molecule has 0 aliphatic rings. The number of halogens is 1. The van der Waals surface area contributed by atoms with Crippen LogP contribution in [0.15, 0.2) is 47.6 Å². The summed E-state index contributed by atoms with van der Waals surface area (Å²) in [4.78, 5) is 0. The first-order valence-electron chi connectivity index (χ1n) is 6.27. The Hall–Kier alpha value is -2.36. The third-order valence-electron chi connectivity index (χ3n) is 3.13. The van der Waals surface area contributed by atoms with E-state index in [0.717, 1.165) is 11.1 Å². The lowest BCUT2D eigenvalue weighted by molar-refractivity contribution is 0.301. The normalized spacial score (nSPS) is 11.4. The largest absolute Gasteiger partial charge is 0.488 e. The number of aryl methyl sites for hydroxylation is 1. The first-order valence-corrected chi connectivity index (χ1v) is 6.27. The second kappa shape index (κ2) is 6.19. The molecule has 0 radical (unpaired) electrons. The van der Waals surface area contributed by atoms with E-state index < -0.39 is 0 Å². The van der Waals surface area contributed by atoms with Crippen LogP contribution >= 0.6 is 0 Å². The van der Waals surface area contributed by atoms with Crippen LogP contribution in [-0.2, 0) is 6.61 Å². The van der Waals surface area contributed by atoms with Crippen molar-refractivity contribution >= 4 is 5.71 Å². The molecule has 1 N–H and O–H groups in total. The van der Waals surface area contributed by atoms with Crippen LogP contribution < -0.4 is 4.74 Å². The molecule has 3 nitrogen and oxygen atoms in total. The zero-order valence-electron chi connectivity index (χ0n) is 11.4. The van der Waals surface area contributed by atoms with Crippen molar-refractivity contribution in [1.82, 2.24) is 0 Å². The molecule has 0 bridgehead atoms. The van der Waals surface area contributed by atoms with Gasteiger partial charge in [0, 0.05) is 11.6 Å². The van der Waals surface area contributed by atoms with E-state index >= 15 is 0 Å². The molecule has 0 atom stereocenters. The van der Waals surface area contributed by atoms with Gasteiger partial charge in [0.2, 0.25) is 0 Å². The van der Waals surface area contributed by atoms with Crippen LogP contribution in [0.25, 0.3) is 0 Å². The molecule has 2 aromatic rings. The summed E-state index contributed by atoms with van der Waals surface area (Å²) in [7, 11) is 0. The summed E-state index contributed by atoms with van der Waals surface area (Å²) in [5.74, 6) is -0.0252. The van der Waals surface area contributed by atoms with Gasteiger partial charge in [0.15, 0.2) is 0 Å². The highest BCUT2D eigenvalue weighted by molar-refractivity contribution is 6.00. The molecule has 2 rings (SSSR count). The number of rotatable bonds is 4. The van der Waals surface area contributed by atoms with E-state index in [0.29, 0.717) is 23.6 Å². The lowest BCUT2D eigenvalue weighted by atomic mass is 10.1. The Labute approximate surface area is 117 Å². The molecule has 0 saturated carbocycles. The topological polar surface area (TPSA) is 41.8 Å². The summed E-state index contributed by atoms with van der Waals surface area (Å²) in [6.45, 7) is 3.96. The minimum absolute atomic E-state index is 0.335. The quantitative estimate of drug-likeness (QED) is 0.521. The predicted octanol–water partition coefficient (Wildman–Crippen LogP) is 3.91. The molecule has 0 unspecified atom stereocenters. The van der Waals surface area contributed by atoms with E-state index in [1.54, 1.807) is 6.92 Å². The van der Waals surface area contributed by atoms with Gasteiger partial charge in [-0.2, -0.15) is 0 Å². The third-order valence-corrected chi connectivity index (χ3v) is 3.13. The Morgan fingerprint density at radius 2 is 2.00 bits per heavy atom. The molecule has 0 aliphatic carbocycles. The summed E-state index contributed by atoms with van der Waals surface area (Å²) in [6, 6.07) is 12.0. The first kappa shape index (κ1) is 14.1. The second-order valence-electron chi connectivity index (χ2n) is 4.54. The average Bonchev–Trinajstić information content (AvgIpc) is 2.46. The fourth-order valence-electron chi connectivity index (χ4n) is 1.90. The maximum absolute atomic E-state index is 13.3. The Kier molecular flexibility index (Phi) is 4.35. The maximum Gasteiger partial charge on any atom is 0.131 e. The molecule has 0 heterocycles. The van der Waals surface area contributed by atoms with Crippen molar-refractivity contribution in [2.75, 3.05) is 0 Å². The van der Waals surface area contributed by atoms with E-state index in [4.69, 9.17) is 9.94 Å². The number of benzene rings is 2. The number of nitrogens with zero attached hydrogens (tertiary/aromatic N) is 1. The van der Waals surface area contributed by atoms with E-state index in [1.807, 2.05) is 31.2 Å². The van der Waals surface area contributed by atoms with Crippen molar-refractivity contribution in [2.45, 2.75) is 20.5 Å². The second-order valence-corrected chi connectivity index (χ2v) is 4.54. The lowest BCUT2D eigenvalue weighted by Crippen LogP contribution is -2.04. The van der Waals surface area contributed by atoms with Crippen molar-refractivity contribution in [3.63, 3.8) is 0 Å². The van der Waals surface area contributed by atoms with Gasteiger partial charge in [0.25, 0.3) is 0 Å². The first-order chi connectivity index (χ1) is 9.61. The third kappa shape index (κ3) is 3.15. The molecule has 20 heavy (non-hydrogen) atoms. The van der Waals surface area contributed by atoms with Crippen molar-refractivity contribution in [3.05, 3.63) is 65.0 Å². The van der Waals surface area contributed by atoms with Crippen LogP contribution in [0.2, 0.25) is 0 Å². The number of hydrogen-bond acceptors (Lipinski definition) is 3. The maximum atomic E-state index is 13.3. The van der Waals surface area contributed by atoms with Crippen molar-refractivity contribution < 1.29 is 14.3 Å². The summed E-state index contributed by atoms with van der Waals surface area (Å²) >= 11 is 0. The monoisotopic (exact) mass is 273 g/mol. The highest BCUT2D eigenvalue weighted by Gasteiger charge is 2.09. The molecule has 0 aromatic heterocycles. The Bertz CT molecular complexity index is 638. The standard InChI is InChI=1S/C16H16FNO2/c1-11-5-3-4-6-13(11)10-20-16-9-14(17)7-8-15(16)12(2)18-19/h3-9,19H,10H2,1-2H3. The van der Waals surface area contributed by atoms with Gasteiger partial charge >= 0.3 is 0 Å². The van der Waals surface area contributed by atoms with E-state index in [1.165, 1.54) is 18.2 Å². The van der Waals surface area contributed by atoms with Crippen LogP contribution in [0, 0.1) is 12.7 Å². The van der Waals surface area contributed by atoms with Crippen LogP contribution in [-0.4, -0.2) is 10.9 Å². The Balaban J connectivity index is 2.25. The summed E-state index contributed by atoms with van der Waals surface area (Å²) < 4.78 is 19.0. The molecular weight excluding hydrogens is 257 g/mol. The molecule has 0 spiro atoms. The van der Waals surface area contributed by atoms with Crippen molar-refractivity contribution in [3.8, 4) is 5.75 Å². The molecule has 4 heteroatoms. The molecule has 2 aromatic carbocycles. The minimum Gasteiger partial charge on any atom is -0.488 e. The number of ether oxygens (including phenoxy) is 1. The molecule has 104 valence electrons. The number of hydrogen-bond donors (Lipinski definition) is 1. The van der Waals surface area contributed by atoms with Gasteiger partial charge in [0.1, 0.15) is 18.2 Å². The fraction of sp³-hybridized carbons (Fsp3) is 0.188. The summed E-state index contributed by atoms with van der Waals surface area (Å²) in [6.07, 6.45) is 0. The highest BCUT2D eigenvalue weighted by Crippen LogP contribution is 2.22. The predicted molar refractivity (Wildman–Crippen MR) is 75.9 cm³/mol. The zero-order valence-corrected chi connectivity index (χ0v) is 11.4. The van der Waals surface area contributed by atoms with Gasteiger partial charge in [0.05, 0.1) is 5.71 Å². The fourth-order valence-corrected chi connectivity index (χ4v) is 1.90.